The summed E-state index contributed by atoms with van der Waals surface area (Å²) in [7, 11) is 0. The second-order valence-electron chi connectivity index (χ2n) is 0. The molecule has 0 spiro atoms. The van der Waals surface area contributed by atoms with Crippen molar-refractivity contribution in [2.75, 3.05) is 0 Å². The molecule has 5 heteroatoms. The lowest BCUT2D eigenvalue weighted by molar-refractivity contribution is 5.75. The van der Waals surface area contributed by atoms with Crippen LogP contribution in [0.5, 0.6) is 0 Å². The average molecular weight is 82.3 g/mol. The maximum absolute atomic E-state index is 0. The zero-order valence-electron chi connectivity index (χ0n) is 0.577. The minimum atomic E-state index is 0. The highest BCUT2D eigenvalue weighted by atomic mass is 27.0. The van der Waals surface area contributed by atoms with Gasteiger partial charge in [0.15, 0.2) is 0 Å². The van der Waals surface area contributed by atoms with Crippen LogP contribution in [0.15, 0.2) is 0 Å². The van der Waals surface area contributed by atoms with Crippen molar-refractivity contribution in [3.05, 3.63) is 0 Å². The zero-order chi connectivity index (χ0) is 0. The van der Waals surface area contributed by atoms with Gasteiger partial charge in [0.2, 0.25) is 0 Å². The third kappa shape index (κ3) is 59.5. The van der Waals surface area contributed by atoms with E-state index in [-0.39, 0.29) is 51.0 Å². The van der Waals surface area contributed by atoms with Crippen LogP contribution in [0.1, 0.15) is 0 Å². The Morgan fingerprint density at radius 2 is 0.400 bits per heavy atom. The second kappa shape index (κ2) is 110. The van der Waals surface area contributed by atoms with Gasteiger partial charge in [-0.25, -0.2) is 0 Å². The van der Waals surface area contributed by atoms with Crippen molar-refractivity contribution in [3.63, 3.8) is 0 Å². The van der Waals surface area contributed by atoms with E-state index in [0.717, 1.165) is 0 Å². The highest BCUT2D eigenvalue weighted by Gasteiger charge is 0.0845. The first-order valence-electron chi connectivity index (χ1n) is 0. The molecule has 0 unspecified atom stereocenters. The van der Waals surface area contributed by atoms with Crippen molar-refractivity contribution in [2.45, 2.75) is 0 Å². The smallest absolute Gasteiger partial charge is 0 e. The monoisotopic (exact) mass is 83.1 g/mol. The van der Waals surface area contributed by atoms with Crippen LogP contribution >= 0.6 is 0 Å². The van der Waals surface area contributed by atoms with Crippen LogP contribution in [-0.2, 0) is 0 Å². The lowest BCUT2D eigenvalue weighted by Crippen LogP contribution is -0.382. The van der Waals surface area contributed by atoms with Crippen molar-refractivity contribution in [3.8, 4) is 0 Å². The van der Waals surface area contributed by atoms with E-state index in [4.69, 9.17) is 0 Å². The molecule has 0 amide bonds. The first-order chi connectivity index (χ1) is 0. The molecule has 0 bridgehead atoms. The van der Waals surface area contributed by atoms with Crippen molar-refractivity contribution < 1.29 is 0 Å². The Morgan fingerprint density at radius 1 is 0.400 bits per heavy atom. The van der Waals surface area contributed by atoms with Gasteiger partial charge in [0.1, 0.15) is 0 Å². The molecule has 0 aromatic heterocycles. The fraction of sp³-hybridized carbons (Fsp3) is 0. The lowest BCUT2D eigenvalue weighted by Gasteiger charge is -0.0000474. The van der Waals surface area contributed by atoms with Crippen LogP contribution in [0.25, 0.3) is 0 Å². The summed E-state index contributed by atoms with van der Waals surface area (Å²) in [4.78, 5) is 0. The van der Waals surface area contributed by atoms with E-state index >= 15 is 0 Å². The summed E-state index contributed by atoms with van der Waals surface area (Å²) >= 11 is 0. The molecule has 0 saturated heterocycles. The zero-order valence-corrected chi connectivity index (χ0v) is 1.73. The predicted octanol–water partition coefficient (Wildman–Crippen LogP) is -5.12. The Bertz CT molecular complexity index is 3.61. The third-order valence-corrected chi connectivity index (χ3v) is 0. The molecule has 0 fully saturated rings. The van der Waals surface area contributed by atoms with Gasteiger partial charge in [-0.15, -0.1) is 0 Å². The molecular formula is H12AlB4. The molecular weight excluding hydrogens is 70.2 g/mol. The maximum Gasteiger partial charge on any atom is 0.0814 e. The Balaban J connectivity index is 0. The van der Waals surface area contributed by atoms with E-state index in [9.17, 15) is 0 Å². The molecule has 3 radical (unpaired) electrons. The Labute approximate surface area is 51.5 Å². The molecule has 0 aliphatic rings. The van der Waals surface area contributed by atoms with E-state index in [1.54, 1.807) is 0 Å². The van der Waals surface area contributed by atoms with Crippen molar-refractivity contribution >= 4 is 51.0 Å². The average Bonchev–Trinajstić information content (AvgIpc) is 0. The van der Waals surface area contributed by atoms with Gasteiger partial charge in [0.25, 0.3) is 0 Å². The SMILES string of the molecule is B.B.B.B.[Al]. The van der Waals surface area contributed by atoms with E-state index < -0.39 is 0 Å². The number of hydrogen-bond acceptors (Lipinski definition) is 0. The molecule has 27 valence electrons. The molecule has 0 saturated carbocycles. The van der Waals surface area contributed by atoms with Crippen LogP contribution < -0.4 is 0 Å². The first kappa shape index (κ1) is 212. The Kier molecular flexibility index (Phi) is 4650. The minimum Gasteiger partial charge on any atom is 0 e. The van der Waals surface area contributed by atoms with Gasteiger partial charge in [0, 0.05) is 17.4 Å². The van der Waals surface area contributed by atoms with Crippen LogP contribution in [0.3, 0.4) is 0 Å². The standard InChI is InChI=1S/Al.4BH3/h;4*1H3. The minimum absolute atomic E-state index is 0. The molecule has 0 aromatic rings. The van der Waals surface area contributed by atoms with E-state index in [2.05, 4.69) is 0 Å². The first-order valence-corrected chi connectivity index (χ1v) is 0. The summed E-state index contributed by atoms with van der Waals surface area (Å²) in [5.41, 5.74) is 0. The molecule has 0 aliphatic carbocycles. The molecule has 0 rings (SSSR count). The summed E-state index contributed by atoms with van der Waals surface area (Å²) in [5, 5.41) is 0. The fourth-order valence-corrected chi connectivity index (χ4v) is 0. The van der Waals surface area contributed by atoms with Gasteiger partial charge in [-0.2, -0.15) is 0 Å². The van der Waals surface area contributed by atoms with Gasteiger partial charge < -0.3 is 0 Å². The lowest BCUT2D eigenvalue weighted by atomic mass is 10.8. The van der Waals surface area contributed by atoms with E-state index in [0.29, 0.717) is 0 Å². The molecule has 5 heavy (non-hydrogen) atoms. The van der Waals surface area contributed by atoms with E-state index in [1.807, 2.05) is 0 Å². The van der Waals surface area contributed by atoms with Crippen molar-refractivity contribution in [2.24, 2.45) is 0 Å². The molecule has 0 nitrogen and oxygen atoms in total. The van der Waals surface area contributed by atoms with Crippen LogP contribution in [0.2, 0.25) is 0 Å². The summed E-state index contributed by atoms with van der Waals surface area (Å²) in [5.74, 6) is 0. The maximum atomic E-state index is 0. The summed E-state index contributed by atoms with van der Waals surface area (Å²) < 4.78 is 0. The number of rotatable bonds is 0. The second-order valence-corrected chi connectivity index (χ2v) is 0. The normalized spacial score (nSPS) is 0. The number of hydrogen-bond donors (Lipinski definition) is 0. The molecule has 0 atom stereocenters. The summed E-state index contributed by atoms with van der Waals surface area (Å²) in [6.45, 7) is 0. The summed E-state index contributed by atoms with van der Waals surface area (Å²) in [6, 6.07) is 0. The van der Waals surface area contributed by atoms with Gasteiger partial charge in [-0.05, 0) is 0 Å². The van der Waals surface area contributed by atoms with Gasteiger partial charge in [-0.3, -0.25) is 0 Å². The Hall–Kier alpha value is 0.792. The molecule has 0 aromatic carbocycles. The van der Waals surface area contributed by atoms with Gasteiger partial charge in [-0.1, -0.05) is 0 Å². The topological polar surface area (TPSA) is 0 Å². The van der Waals surface area contributed by atoms with Gasteiger partial charge >= 0.3 is 0 Å². The molecule has 0 heterocycles. The van der Waals surface area contributed by atoms with Crippen molar-refractivity contribution in [1.29, 1.82) is 0 Å². The van der Waals surface area contributed by atoms with Crippen LogP contribution in [-0.4, -0.2) is 51.0 Å². The summed E-state index contributed by atoms with van der Waals surface area (Å²) in [6.07, 6.45) is 0. The highest BCUT2D eigenvalue weighted by molar-refractivity contribution is 5.76. The third-order valence-electron chi connectivity index (χ3n) is 0. The van der Waals surface area contributed by atoms with Crippen LogP contribution in [0, 0.1) is 0 Å². The largest absolute Gasteiger partial charge is 0.0814 e. The van der Waals surface area contributed by atoms with E-state index in [1.165, 1.54) is 0 Å². The predicted molar refractivity (Wildman–Crippen MR) is 45.5 cm³/mol. The molecule has 0 N–H and O–H groups in total. The van der Waals surface area contributed by atoms with Crippen molar-refractivity contribution in [1.82, 2.24) is 0 Å². The highest BCUT2D eigenvalue weighted by Crippen LogP contribution is -0.377. The van der Waals surface area contributed by atoms with Crippen LogP contribution in [0.4, 0.5) is 0 Å². The molecule has 0 aliphatic heterocycles. The van der Waals surface area contributed by atoms with Gasteiger partial charge in [0.05, 0.1) is 33.7 Å². The fourth-order valence-electron chi connectivity index (χ4n) is 0. The Morgan fingerprint density at radius 3 is 0.400 bits per heavy atom. The quantitative estimate of drug-likeness (QED) is 0.257.